The fourth-order valence-electron chi connectivity index (χ4n) is 3.33. The summed E-state index contributed by atoms with van der Waals surface area (Å²) in [5.74, 6) is 0.0926. The molecule has 132 valence electrons. The van der Waals surface area contributed by atoms with Crippen molar-refractivity contribution < 1.29 is 4.79 Å². The second-order valence-corrected chi connectivity index (χ2v) is 6.70. The second kappa shape index (κ2) is 7.28. The van der Waals surface area contributed by atoms with Gasteiger partial charge in [0, 0.05) is 18.8 Å². The lowest BCUT2D eigenvalue weighted by Crippen LogP contribution is -2.47. The number of aryl methyl sites for hydroxylation is 1. The molecule has 2 aromatic carbocycles. The summed E-state index contributed by atoms with van der Waals surface area (Å²) in [5.41, 5.74) is 5.14. The van der Waals surface area contributed by atoms with Crippen molar-refractivity contribution in [3.05, 3.63) is 59.2 Å². The van der Waals surface area contributed by atoms with Gasteiger partial charge in [0.15, 0.2) is 0 Å². The van der Waals surface area contributed by atoms with Crippen LogP contribution in [0.3, 0.4) is 0 Å². The van der Waals surface area contributed by atoms with Gasteiger partial charge in [0.2, 0.25) is 0 Å². The molecule has 1 aliphatic rings. The predicted octanol–water partition coefficient (Wildman–Crippen LogP) is 3.89. The van der Waals surface area contributed by atoms with E-state index in [0.29, 0.717) is 6.67 Å². The summed E-state index contributed by atoms with van der Waals surface area (Å²) >= 11 is 0. The Morgan fingerprint density at radius 3 is 2.52 bits per heavy atom. The van der Waals surface area contributed by atoms with Crippen LogP contribution in [0, 0.1) is 6.92 Å². The Hall–Kier alpha value is -2.33. The van der Waals surface area contributed by atoms with E-state index >= 15 is 0 Å². The maximum Gasteiger partial charge on any atom is 0.261 e. The van der Waals surface area contributed by atoms with Crippen LogP contribution in [0.2, 0.25) is 0 Å². The summed E-state index contributed by atoms with van der Waals surface area (Å²) in [7, 11) is 2.10. The van der Waals surface area contributed by atoms with Crippen molar-refractivity contribution in [1.82, 2.24) is 4.90 Å². The Labute approximate surface area is 150 Å². The van der Waals surface area contributed by atoms with Crippen LogP contribution in [-0.2, 0) is 6.54 Å². The summed E-state index contributed by atoms with van der Waals surface area (Å²) in [6.07, 6.45) is 0. The van der Waals surface area contributed by atoms with E-state index in [4.69, 9.17) is 0 Å². The number of fused-ring (bicyclic) bond motifs is 1. The fourth-order valence-corrected chi connectivity index (χ4v) is 3.33. The molecule has 1 amide bonds. The molecule has 0 spiro atoms. The van der Waals surface area contributed by atoms with E-state index in [1.54, 1.807) is 0 Å². The molecule has 0 fully saturated rings. The number of benzene rings is 2. The molecule has 0 unspecified atom stereocenters. The van der Waals surface area contributed by atoms with Crippen LogP contribution < -0.4 is 9.80 Å². The topological polar surface area (TPSA) is 26.8 Å². The number of hydrogen-bond acceptors (Lipinski definition) is 3. The molecule has 2 aromatic rings. The van der Waals surface area contributed by atoms with Gasteiger partial charge >= 0.3 is 0 Å². The first kappa shape index (κ1) is 17.5. The van der Waals surface area contributed by atoms with E-state index in [1.165, 1.54) is 5.56 Å². The second-order valence-electron chi connectivity index (χ2n) is 6.70. The van der Waals surface area contributed by atoms with Gasteiger partial charge in [-0.1, -0.05) is 31.2 Å². The van der Waals surface area contributed by atoms with Gasteiger partial charge in [0.1, 0.15) is 0 Å². The van der Waals surface area contributed by atoms with E-state index in [-0.39, 0.29) is 5.91 Å². The van der Waals surface area contributed by atoms with Gasteiger partial charge < -0.3 is 9.80 Å². The molecule has 3 rings (SSSR count). The quantitative estimate of drug-likeness (QED) is 0.828. The third-order valence-corrected chi connectivity index (χ3v) is 4.97. The number of amides is 1. The molecule has 1 heterocycles. The standard InChI is InChI=1S/C21H27N3O/c1-5-22(4)14-17-11-12-20-18(13-17)21(25)24(15-23(20)6-2)19-10-8-7-9-16(19)3/h7-13H,5-6,14-15H2,1-4H3. The van der Waals surface area contributed by atoms with Crippen molar-refractivity contribution in [1.29, 1.82) is 0 Å². The molecule has 0 saturated carbocycles. The van der Waals surface area contributed by atoms with Gasteiger partial charge in [-0.05, 0) is 56.8 Å². The SMILES string of the molecule is CCN(C)Cc1ccc2c(c1)C(=O)N(c1ccccc1C)CN2CC. The number of carbonyl (C=O) groups is 1. The minimum Gasteiger partial charge on any atom is -0.353 e. The molecule has 0 aromatic heterocycles. The van der Waals surface area contributed by atoms with Crippen LogP contribution in [0.25, 0.3) is 0 Å². The summed E-state index contributed by atoms with van der Waals surface area (Å²) in [6.45, 7) is 9.64. The fraction of sp³-hybridized carbons (Fsp3) is 0.381. The molecule has 1 aliphatic heterocycles. The number of para-hydroxylation sites is 1. The smallest absolute Gasteiger partial charge is 0.261 e. The van der Waals surface area contributed by atoms with Crippen LogP contribution in [0.5, 0.6) is 0 Å². The van der Waals surface area contributed by atoms with Crippen molar-refractivity contribution in [2.45, 2.75) is 27.3 Å². The van der Waals surface area contributed by atoms with E-state index in [9.17, 15) is 4.79 Å². The van der Waals surface area contributed by atoms with Crippen LogP contribution in [0.1, 0.15) is 35.3 Å². The number of anilines is 2. The molecule has 4 nitrogen and oxygen atoms in total. The number of nitrogens with zero attached hydrogens (tertiary/aromatic N) is 3. The zero-order chi connectivity index (χ0) is 18.0. The third-order valence-electron chi connectivity index (χ3n) is 4.97. The first-order valence-electron chi connectivity index (χ1n) is 8.99. The average molecular weight is 337 g/mol. The average Bonchev–Trinajstić information content (AvgIpc) is 2.63. The Kier molecular flexibility index (Phi) is 5.09. The summed E-state index contributed by atoms with van der Waals surface area (Å²) in [4.78, 5) is 19.6. The Bertz CT molecular complexity index is 771. The van der Waals surface area contributed by atoms with E-state index in [1.807, 2.05) is 23.1 Å². The molecule has 25 heavy (non-hydrogen) atoms. The number of rotatable bonds is 5. The normalized spacial score (nSPS) is 14.2. The molecular weight excluding hydrogens is 310 g/mol. The van der Waals surface area contributed by atoms with Gasteiger partial charge in [-0.25, -0.2) is 0 Å². The van der Waals surface area contributed by atoms with Crippen molar-refractivity contribution in [2.24, 2.45) is 0 Å². The van der Waals surface area contributed by atoms with Gasteiger partial charge in [-0.15, -0.1) is 0 Å². The first-order chi connectivity index (χ1) is 12.0. The molecule has 0 radical (unpaired) electrons. The largest absolute Gasteiger partial charge is 0.353 e. The van der Waals surface area contributed by atoms with E-state index in [0.717, 1.165) is 42.1 Å². The zero-order valence-corrected chi connectivity index (χ0v) is 15.6. The van der Waals surface area contributed by atoms with Gasteiger partial charge in [-0.2, -0.15) is 0 Å². The Balaban J connectivity index is 2.01. The van der Waals surface area contributed by atoms with Crippen LogP contribution in [-0.4, -0.2) is 37.6 Å². The van der Waals surface area contributed by atoms with Crippen LogP contribution >= 0.6 is 0 Å². The minimum absolute atomic E-state index is 0.0926. The first-order valence-corrected chi connectivity index (χ1v) is 8.99. The van der Waals surface area contributed by atoms with Crippen LogP contribution in [0.4, 0.5) is 11.4 Å². The molecule has 0 N–H and O–H groups in total. The maximum atomic E-state index is 13.2. The van der Waals surface area contributed by atoms with E-state index in [2.05, 4.69) is 61.9 Å². The molecule has 0 bridgehead atoms. The number of hydrogen-bond donors (Lipinski definition) is 0. The lowest BCUT2D eigenvalue weighted by atomic mass is 10.0. The van der Waals surface area contributed by atoms with Crippen molar-refractivity contribution in [3.63, 3.8) is 0 Å². The number of carbonyl (C=O) groups excluding carboxylic acids is 1. The van der Waals surface area contributed by atoms with Gasteiger partial charge in [-0.3, -0.25) is 9.69 Å². The summed E-state index contributed by atoms with van der Waals surface area (Å²) < 4.78 is 0. The third kappa shape index (κ3) is 3.40. The minimum atomic E-state index is 0.0926. The lowest BCUT2D eigenvalue weighted by molar-refractivity contribution is 0.0982. The predicted molar refractivity (Wildman–Crippen MR) is 104 cm³/mol. The molecule has 4 heteroatoms. The van der Waals surface area contributed by atoms with Gasteiger partial charge in [0.05, 0.1) is 17.9 Å². The van der Waals surface area contributed by atoms with Gasteiger partial charge in [0.25, 0.3) is 5.91 Å². The Morgan fingerprint density at radius 1 is 1.08 bits per heavy atom. The maximum absolute atomic E-state index is 13.2. The highest BCUT2D eigenvalue weighted by atomic mass is 16.2. The highest BCUT2D eigenvalue weighted by Gasteiger charge is 2.30. The summed E-state index contributed by atoms with van der Waals surface area (Å²) in [5, 5.41) is 0. The van der Waals surface area contributed by atoms with Crippen molar-refractivity contribution in [2.75, 3.05) is 36.6 Å². The molecule has 0 aliphatic carbocycles. The molecule has 0 saturated heterocycles. The summed E-state index contributed by atoms with van der Waals surface area (Å²) in [6, 6.07) is 14.4. The van der Waals surface area contributed by atoms with Crippen molar-refractivity contribution >= 4 is 17.3 Å². The zero-order valence-electron chi connectivity index (χ0n) is 15.6. The molecular formula is C21H27N3O. The highest BCUT2D eigenvalue weighted by molar-refractivity contribution is 6.12. The highest BCUT2D eigenvalue weighted by Crippen LogP contribution is 2.32. The monoisotopic (exact) mass is 337 g/mol. The Morgan fingerprint density at radius 2 is 1.84 bits per heavy atom. The van der Waals surface area contributed by atoms with E-state index < -0.39 is 0 Å². The molecule has 0 atom stereocenters. The lowest BCUT2D eigenvalue weighted by Gasteiger charge is -2.38. The van der Waals surface area contributed by atoms with Crippen molar-refractivity contribution in [3.8, 4) is 0 Å². The van der Waals surface area contributed by atoms with Crippen LogP contribution in [0.15, 0.2) is 42.5 Å².